The summed E-state index contributed by atoms with van der Waals surface area (Å²) in [5.74, 6) is -0.0280. The summed E-state index contributed by atoms with van der Waals surface area (Å²) in [7, 11) is 0. The molecule has 1 unspecified atom stereocenters. The molecular weight excluding hydrogens is 365 g/mol. The minimum absolute atomic E-state index is 0.158. The number of likely N-dealkylation sites (tertiary alicyclic amines) is 1. The van der Waals surface area contributed by atoms with E-state index in [1.54, 1.807) is 0 Å². The van der Waals surface area contributed by atoms with Crippen LogP contribution in [0.5, 0.6) is 0 Å². The summed E-state index contributed by atoms with van der Waals surface area (Å²) in [5.41, 5.74) is 4.21. The van der Waals surface area contributed by atoms with Gasteiger partial charge in [-0.15, -0.1) is 0 Å². The molecule has 2 aromatic rings. The Morgan fingerprint density at radius 3 is 2.59 bits per heavy atom. The second-order valence-corrected chi connectivity index (χ2v) is 8.39. The van der Waals surface area contributed by atoms with Crippen molar-refractivity contribution in [1.29, 1.82) is 0 Å². The van der Waals surface area contributed by atoms with E-state index in [4.69, 9.17) is 0 Å². The lowest BCUT2D eigenvalue weighted by Crippen LogP contribution is -2.40. The van der Waals surface area contributed by atoms with Gasteiger partial charge in [-0.25, -0.2) is 4.39 Å². The summed E-state index contributed by atoms with van der Waals surface area (Å²) in [6, 6.07) is 14.9. The molecule has 1 atom stereocenters. The van der Waals surface area contributed by atoms with Gasteiger partial charge in [-0.2, -0.15) is 0 Å². The zero-order valence-electron chi connectivity index (χ0n) is 16.5. The molecule has 1 N–H and O–H groups in total. The van der Waals surface area contributed by atoms with Crippen LogP contribution in [-0.2, 0) is 10.2 Å². The average molecular weight is 391 g/mol. The van der Waals surface area contributed by atoms with Gasteiger partial charge >= 0.3 is 0 Å². The van der Waals surface area contributed by atoms with E-state index in [-0.39, 0.29) is 17.1 Å². The zero-order chi connectivity index (χ0) is 19.8. The Bertz CT molecular complexity index is 955. The highest BCUT2D eigenvalue weighted by atomic mass is 19.1. The summed E-state index contributed by atoms with van der Waals surface area (Å²) in [6.07, 6.45) is 4.15. The molecule has 5 heteroatoms. The van der Waals surface area contributed by atoms with Crippen molar-refractivity contribution >= 4 is 17.2 Å². The number of hydrogen-bond acceptors (Lipinski definition) is 3. The lowest BCUT2D eigenvalue weighted by Gasteiger charge is -2.29. The molecule has 1 amide bonds. The Morgan fingerprint density at radius 2 is 1.79 bits per heavy atom. The average Bonchev–Trinajstić information content (AvgIpc) is 3.30. The number of anilines is 1. The summed E-state index contributed by atoms with van der Waals surface area (Å²) < 4.78 is 13.1. The van der Waals surface area contributed by atoms with Crippen molar-refractivity contribution in [3.63, 3.8) is 0 Å². The third kappa shape index (κ3) is 3.38. The second kappa shape index (κ2) is 7.39. The number of benzene rings is 2. The minimum atomic E-state index is -0.367. The van der Waals surface area contributed by atoms with E-state index >= 15 is 0 Å². The smallest absolute Gasteiger partial charge is 0.236 e. The molecular formula is C24H26FN3O. The van der Waals surface area contributed by atoms with Crippen LogP contribution in [0.15, 0.2) is 54.6 Å². The van der Waals surface area contributed by atoms with Crippen LogP contribution in [0.1, 0.15) is 24.0 Å². The first-order valence-electron chi connectivity index (χ1n) is 10.4. The number of nitrogens with one attached hydrogen (secondary N) is 1. The SMILES string of the molecule is O=C1Nc2ccccc2C12CCN(CCN1CC=C(c3ccc(F)cc3)CC1)C2. The lowest BCUT2D eigenvalue weighted by molar-refractivity contribution is -0.120. The summed E-state index contributed by atoms with van der Waals surface area (Å²) in [4.78, 5) is 17.6. The number of halogens is 1. The van der Waals surface area contributed by atoms with Crippen molar-refractivity contribution < 1.29 is 9.18 Å². The standard InChI is InChI=1S/C24H26FN3O/c25-20-7-5-18(6-8-20)19-9-12-27(13-10-19)15-16-28-14-11-24(17-28)21-3-1-2-4-22(21)26-23(24)29/h1-9H,10-17H2,(H,26,29). The highest BCUT2D eigenvalue weighted by Gasteiger charge is 2.50. The Morgan fingerprint density at radius 1 is 1.00 bits per heavy atom. The fourth-order valence-corrected chi connectivity index (χ4v) is 4.98. The van der Waals surface area contributed by atoms with Crippen LogP contribution < -0.4 is 5.32 Å². The van der Waals surface area contributed by atoms with Gasteiger partial charge in [0.2, 0.25) is 5.91 Å². The van der Waals surface area contributed by atoms with E-state index < -0.39 is 0 Å². The molecule has 1 fully saturated rings. The maximum absolute atomic E-state index is 13.1. The number of para-hydroxylation sites is 1. The Kier molecular flexibility index (Phi) is 4.72. The van der Waals surface area contributed by atoms with E-state index in [2.05, 4.69) is 27.3 Å². The largest absolute Gasteiger partial charge is 0.325 e. The van der Waals surface area contributed by atoms with Crippen LogP contribution in [0.25, 0.3) is 5.57 Å². The zero-order valence-corrected chi connectivity index (χ0v) is 16.5. The molecule has 1 spiro atoms. The normalized spacial score (nSPS) is 24.6. The number of nitrogens with zero attached hydrogens (tertiary/aromatic N) is 2. The third-order valence-corrected chi connectivity index (χ3v) is 6.71. The molecule has 29 heavy (non-hydrogen) atoms. The molecule has 3 heterocycles. The molecule has 4 nitrogen and oxygen atoms in total. The van der Waals surface area contributed by atoms with Crippen molar-refractivity contribution in [2.75, 3.05) is 44.6 Å². The molecule has 3 aliphatic rings. The predicted molar refractivity (Wildman–Crippen MR) is 113 cm³/mol. The van der Waals surface area contributed by atoms with Gasteiger partial charge in [-0.05, 0) is 54.3 Å². The van der Waals surface area contributed by atoms with Gasteiger partial charge < -0.3 is 10.2 Å². The first kappa shape index (κ1) is 18.5. The van der Waals surface area contributed by atoms with Crippen molar-refractivity contribution in [2.45, 2.75) is 18.3 Å². The maximum Gasteiger partial charge on any atom is 0.236 e. The number of rotatable bonds is 4. The molecule has 0 bridgehead atoms. The van der Waals surface area contributed by atoms with E-state index in [0.29, 0.717) is 0 Å². The Balaban J connectivity index is 1.18. The fourth-order valence-electron chi connectivity index (χ4n) is 4.98. The van der Waals surface area contributed by atoms with Crippen molar-refractivity contribution in [1.82, 2.24) is 9.80 Å². The highest BCUT2D eigenvalue weighted by molar-refractivity contribution is 6.06. The molecule has 0 radical (unpaired) electrons. The molecule has 150 valence electrons. The van der Waals surface area contributed by atoms with Crippen LogP contribution >= 0.6 is 0 Å². The van der Waals surface area contributed by atoms with Gasteiger partial charge in [0.15, 0.2) is 0 Å². The van der Waals surface area contributed by atoms with Gasteiger partial charge in [-0.1, -0.05) is 36.4 Å². The van der Waals surface area contributed by atoms with Crippen molar-refractivity contribution in [3.8, 4) is 0 Å². The number of hydrogen-bond donors (Lipinski definition) is 1. The Hall–Kier alpha value is -2.50. The maximum atomic E-state index is 13.1. The third-order valence-electron chi connectivity index (χ3n) is 6.71. The molecule has 2 aromatic carbocycles. The number of fused-ring (bicyclic) bond motifs is 2. The van der Waals surface area contributed by atoms with Gasteiger partial charge in [0.25, 0.3) is 0 Å². The minimum Gasteiger partial charge on any atom is -0.325 e. The van der Waals surface area contributed by atoms with Crippen LogP contribution in [0, 0.1) is 5.82 Å². The lowest BCUT2D eigenvalue weighted by atomic mass is 9.81. The first-order chi connectivity index (χ1) is 14.1. The fraction of sp³-hybridized carbons (Fsp3) is 0.375. The van der Waals surface area contributed by atoms with Gasteiger partial charge in [0.1, 0.15) is 5.82 Å². The van der Waals surface area contributed by atoms with E-state index in [1.807, 2.05) is 30.3 Å². The predicted octanol–water partition coefficient (Wildman–Crippen LogP) is 3.51. The van der Waals surface area contributed by atoms with Gasteiger partial charge in [-0.3, -0.25) is 9.69 Å². The summed E-state index contributed by atoms with van der Waals surface area (Å²) >= 11 is 0. The summed E-state index contributed by atoms with van der Waals surface area (Å²) in [6.45, 7) is 5.70. The van der Waals surface area contributed by atoms with Crippen LogP contribution in [0.3, 0.4) is 0 Å². The highest BCUT2D eigenvalue weighted by Crippen LogP contribution is 2.43. The Labute approximate surface area is 171 Å². The van der Waals surface area contributed by atoms with Crippen molar-refractivity contribution in [2.24, 2.45) is 0 Å². The van der Waals surface area contributed by atoms with E-state index in [1.165, 1.54) is 17.7 Å². The number of amides is 1. The topological polar surface area (TPSA) is 35.6 Å². The van der Waals surface area contributed by atoms with E-state index in [9.17, 15) is 9.18 Å². The molecule has 5 rings (SSSR count). The molecule has 3 aliphatic heterocycles. The molecule has 0 aromatic heterocycles. The van der Waals surface area contributed by atoms with Gasteiger partial charge in [0.05, 0.1) is 5.41 Å². The number of carbonyl (C=O) groups excluding carboxylic acids is 1. The van der Waals surface area contributed by atoms with Crippen LogP contribution in [0.4, 0.5) is 10.1 Å². The van der Waals surface area contributed by atoms with Crippen LogP contribution in [-0.4, -0.2) is 55.0 Å². The van der Waals surface area contributed by atoms with Crippen LogP contribution in [0.2, 0.25) is 0 Å². The second-order valence-electron chi connectivity index (χ2n) is 8.39. The first-order valence-corrected chi connectivity index (χ1v) is 10.4. The van der Waals surface area contributed by atoms with E-state index in [0.717, 1.165) is 68.9 Å². The monoisotopic (exact) mass is 391 g/mol. The quantitative estimate of drug-likeness (QED) is 0.866. The van der Waals surface area contributed by atoms with Crippen molar-refractivity contribution in [3.05, 3.63) is 71.6 Å². The molecule has 0 saturated carbocycles. The van der Waals surface area contributed by atoms with Gasteiger partial charge in [0, 0.05) is 38.4 Å². The molecule has 1 saturated heterocycles. The molecule has 0 aliphatic carbocycles. The number of carbonyl (C=O) groups is 1. The summed E-state index contributed by atoms with van der Waals surface area (Å²) in [5, 5.41) is 3.07.